The predicted molar refractivity (Wildman–Crippen MR) is 103 cm³/mol. The second kappa shape index (κ2) is 8.20. The van der Waals surface area contributed by atoms with E-state index < -0.39 is 22.0 Å². The molecule has 27 heavy (non-hydrogen) atoms. The number of anilines is 1. The minimum atomic E-state index is -3.84. The van der Waals surface area contributed by atoms with Gasteiger partial charge in [0.2, 0.25) is 15.9 Å². The van der Waals surface area contributed by atoms with Gasteiger partial charge < -0.3 is 10.1 Å². The second-order valence-electron chi connectivity index (χ2n) is 6.01. The number of rotatable bonds is 6. The summed E-state index contributed by atoms with van der Waals surface area (Å²) in [5.41, 5.74) is 1.35. The van der Waals surface area contributed by atoms with Crippen LogP contribution in [-0.4, -0.2) is 32.9 Å². The Balaban J connectivity index is 1.61. The highest BCUT2D eigenvalue weighted by Gasteiger charge is 2.31. The number of hydrogen-bond acceptors (Lipinski definition) is 5. The number of sulfonamides is 1. The summed E-state index contributed by atoms with van der Waals surface area (Å²) in [5, 5.41) is 2.72. The van der Waals surface area contributed by atoms with Crippen LogP contribution in [0.5, 0.6) is 0 Å². The average molecular weight is 453 g/mol. The van der Waals surface area contributed by atoms with Crippen molar-refractivity contribution in [2.45, 2.75) is 23.8 Å². The summed E-state index contributed by atoms with van der Waals surface area (Å²) in [4.78, 5) is 23.5. The molecule has 0 spiro atoms. The molecular formula is C18H17BrN2O5S. The van der Waals surface area contributed by atoms with E-state index in [2.05, 4.69) is 26.0 Å². The van der Waals surface area contributed by atoms with Crippen molar-refractivity contribution < 1.29 is 22.7 Å². The first-order valence-electron chi connectivity index (χ1n) is 8.17. The number of carbonyl (C=O) groups is 2. The lowest BCUT2D eigenvalue weighted by molar-refractivity contribution is -0.139. The first kappa shape index (κ1) is 19.5. The van der Waals surface area contributed by atoms with Gasteiger partial charge in [0.05, 0.1) is 17.9 Å². The van der Waals surface area contributed by atoms with E-state index in [0.717, 1.165) is 10.0 Å². The first-order chi connectivity index (χ1) is 12.8. The Kier molecular flexibility index (Phi) is 5.93. The molecule has 1 fully saturated rings. The number of esters is 1. The maximum Gasteiger partial charge on any atom is 0.324 e. The zero-order valence-electron chi connectivity index (χ0n) is 14.1. The molecule has 1 atom stereocenters. The van der Waals surface area contributed by atoms with Crippen molar-refractivity contribution in [3.05, 3.63) is 58.6 Å². The van der Waals surface area contributed by atoms with E-state index in [1.54, 1.807) is 0 Å². The van der Waals surface area contributed by atoms with Crippen LogP contribution in [0.25, 0.3) is 0 Å². The van der Waals surface area contributed by atoms with Crippen molar-refractivity contribution >= 4 is 43.5 Å². The first-order valence-corrected chi connectivity index (χ1v) is 10.4. The van der Waals surface area contributed by atoms with Gasteiger partial charge >= 0.3 is 5.97 Å². The van der Waals surface area contributed by atoms with Gasteiger partial charge in [-0.3, -0.25) is 9.59 Å². The average Bonchev–Trinajstić information content (AvgIpc) is 3.01. The van der Waals surface area contributed by atoms with E-state index in [0.29, 0.717) is 12.1 Å². The highest BCUT2D eigenvalue weighted by molar-refractivity contribution is 9.10. The van der Waals surface area contributed by atoms with Crippen molar-refractivity contribution in [3.63, 3.8) is 0 Å². The maximum atomic E-state index is 12.3. The highest BCUT2D eigenvalue weighted by Crippen LogP contribution is 2.17. The van der Waals surface area contributed by atoms with Gasteiger partial charge in [-0.1, -0.05) is 28.1 Å². The molecule has 1 aliphatic heterocycles. The Labute approximate surface area is 165 Å². The Morgan fingerprint density at radius 2 is 1.78 bits per heavy atom. The topological polar surface area (TPSA) is 102 Å². The van der Waals surface area contributed by atoms with Crippen LogP contribution in [0.1, 0.15) is 12.0 Å². The SMILES string of the molecule is O=C(Cc1ccc(Br)cc1)Nc1ccc(S(=O)(=O)NC2CCOC2=O)cc1. The molecule has 2 aromatic rings. The van der Waals surface area contributed by atoms with Gasteiger partial charge in [0.25, 0.3) is 0 Å². The fourth-order valence-electron chi connectivity index (χ4n) is 2.57. The molecule has 1 unspecified atom stereocenters. The summed E-state index contributed by atoms with van der Waals surface area (Å²) in [5.74, 6) is -0.782. The maximum absolute atomic E-state index is 12.3. The van der Waals surface area contributed by atoms with E-state index >= 15 is 0 Å². The van der Waals surface area contributed by atoms with Gasteiger partial charge in [0.15, 0.2) is 0 Å². The van der Waals surface area contributed by atoms with Crippen LogP contribution < -0.4 is 10.0 Å². The van der Waals surface area contributed by atoms with Crippen molar-refractivity contribution in [1.29, 1.82) is 0 Å². The summed E-state index contributed by atoms with van der Waals surface area (Å²) < 4.78 is 32.7. The summed E-state index contributed by atoms with van der Waals surface area (Å²) in [6.07, 6.45) is 0.515. The van der Waals surface area contributed by atoms with Crippen LogP contribution in [0.2, 0.25) is 0 Å². The quantitative estimate of drug-likeness (QED) is 0.654. The Morgan fingerprint density at radius 1 is 1.11 bits per heavy atom. The molecule has 1 saturated heterocycles. The summed E-state index contributed by atoms with van der Waals surface area (Å²) in [6.45, 7) is 0.204. The number of nitrogens with one attached hydrogen (secondary N) is 2. The van der Waals surface area contributed by atoms with Crippen LogP contribution in [0.15, 0.2) is 57.9 Å². The molecule has 9 heteroatoms. The monoisotopic (exact) mass is 452 g/mol. The van der Waals surface area contributed by atoms with Crippen LogP contribution in [-0.2, 0) is 30.8 Å². The Hall–Kier alpha value is -2.23. The minimum Gasteiger partial charge on any atom is -0.464 e. The molecule has 3 rings (SSSR count). The molecule has 1 heterocycles. The molecule has 0 aromatic heterocycles. The molecule has 0 saturated carbocycles. The number of halogens is 1. The summed E-state index contributed by atoms with van der Waals surface area (Å²) in [6, 6.07) is 12.3. The number of carbonyl (C=O) groups excluding carboxylic acids is 2. The lowest BCUT2D eigenvalue weighted by Gasteiger charge is -2.11. The third kappa shape index (κ3) is 5.15. The smallest absolute Gasteiger partial charge is 0.324 e. The van der Waals surface area contributed by atoms with E-state index in [9.17, 15) is 18.0 Å². The predicted octanol–water partition coefficient (Wildman–Crippen LogP) is 2.22. The van der Waals surface area contributed by atoms with E-state index in [-0.39, 0.29) is 23.8 Å². The number of amides is 1. The van der Waals surface area contributed by atoms with Gasteiger partial charge in [0.1, 0.15) is 6.04 Å². The van der Waals surface area contributed by atoms with Crippen LogP contribution in [0, 0.1) is 0 Å². The fraction of sp³-hybridized carbons (Fsp3) is 0.222. The van der Waals surface area contributed by atoms with E-state index in [1.165, 1.54) is 24.3 Å². The number of cyclic esters (lactones) is 1. The number of hydrogen-bond donors (Lipinski definition) is 2. The zero-order valence-corrected chi connectivity index (χ0v) is 16.5. The van der Waals surface area contributed by atoms with Crippen LogP contribution in [0.4, 0.5) is 5.69 Å². The molecule has 7 nitrogen and oxygen atoms in total. The zero-order chi connectivity index (χ0) is 19.4. The molecule has 1 aliphatic rings. The summed E-state index contributed by atoms with van der Waals surface area (Å²) in [7, 11) is -3.84. The van der Waals surface area contributed by atoms with E-state index in [1.807, 2.05) is 24.3 Å². The molecule has 2 aromatic carbocycles. The molecule has 142 valence electrons. The second-order valence-corrected chi connectivity index (χ2v) is 8.64. The van der Waals surface area contributed by atoms with Crippen molar-refractivity contribution in [2.24, 2.45) is 0 Å². The van der Waals surface area contributed by atoms with Gasteiger partial charge in [-0.15, -0.1) is 0 Å². The third-order valence-corrected chi connectivity index (χ3v) is 5.98. The lowest BCUT2D eigenvalue weighted by atomic mass is 10.1. The number of ether oxygens (including phenoxy) is 1. The van der Waals surface area contributed by atoms with Gasteiger partial charge in [-0.05, 0) is 42.0 Å². The van der Waals surface area contributed by atoms with E-state index in [4.69, 9.17) is 4.74 Å². The Bertz CT molecular complexity index is 943. The van der Waals surface area contributed by atoms with Gasteiger partial charge in [-0.2, -0.15) is 4.72 Å². The molecule has 1 amide bonds. The van der Waals surface area contributed by atoms with Gasteiger partial charge in [0, 0.05) is 16.6 Å². The molecule has 0 aliphatic carbocycles. The number of benzene rings is 2. The minimum absolute atomic E-state index is 0.00751. The molecule has 0 radical (unpaired) electrons. The summed E-state index contributed by atoms with van der Waals surface area (Å²) >= 11 is 3.34. The third-order valence-electron chi connectivity index (χ3n) is 3.96. The largest absolute Gasteiger partial charge is 0.464 e. The van der Waals surface area contributed by atoms with Crippen molar-refractivity contribution in [1.82, 2.24) is 4.72 Å². The molecule has 2 N–H and O–H groups in total. The molecular weight excluding hydrogens is 436 g/mol. The van der Waals surface area contributed by atoms with Crippen LogP contribution in [0.3, 0.4) is 0 Å². The normalized spacial score (nSPS) is 16.8. The molecule has 0 bridgehead atoms. The van der Waals surface area contributed by atoms with Crippen LogP contribution >= 0.6 is 15.9 Å². The Morgan fingerprint density at radius 3 is 2.37 bits per heavy atom. The standard InChI is InChI=1S/C18H17BrN2O5S/c19-13-3-1-12(2-4-13)11-17(22)20-14-5-7-15(8-6-14)27(24,25)21-16-9-10-26-18(16)23/h1-8,16,21H,9-11H2,(H,20,22). The lowest BCUT2D eigenvalue weighted by Crippen LogP contribution is -2.37. The van der Waals surface area contributed by atoms with Gasteiger partial charge in [-0.25, -0.2) is 8.42 Å². The van der Waals surface area contributed by atoms with Crippen molar-refractivity contribution in [2.75, 3.05) is 11.9 Å². The fourth-order valence-corrected chi connectivity index (χ4v) is 4.05. The van der Waals surface area contributed by atoms with Crippen molar-refractivity contribution in [3.8, 4) is 0 Å². The highest BCUT2D eigenvalue weighted by atomic mass is 79.9.